The molecule has 2 aliphatic rings. The van der Waals surface area contributed by atoms with E-state index in [0.717, 1.165) is 19.0 Å². The van der Waals surface area contributed by atoms with Crippen molar-refractivity contribution in [1.82, 2.24) is 14.9 Å². The van der Waals surface area contributed by atoms with E-state index in [-0.39, 0.29) is 23.7 Å². The minimum absolute atomic E-state index is 0.0726. The van der Waals surface area contributed by atoms with Gasteiger partial charge in [-0.05, 0) is 31.1 Å². The van der Waals surface area contributed by atoms with Crippen molar-refractivity contribution in [1.29, 1.82) is 0 Å². The molecule has 2 aromatic rings. The van der Waals surface area contributed by atoms with Crippen LogP contribution in [0.2, 0.25) is 0 Å². The van der Waals surface area contributed by atoms with Gasteiger partial charge in [-0.2, -0.15) is 4.98 Å². The first kappa shape index (κ1) is 24.7. The molecule has 1 fully saturated rings. The quantitative estimate of drug-likeness (QED) is 0.616. The Morgan fingerprint density at radius 1 is 1.11 bits per heavy atom. The highest BCUT2D eigenvalue weighted by Crippen LogP contribution is 2.32. The number of hydrogen-bond acceptors (Lipinski definition) is 9. The summed E-state index contributed by atoms with van der Waals surface area (Å²) in [5, 5.41) is 6.19. The third-order valence-corrected chi connectivity index (χ3v) is 5.53. The van der Waals surface area contributed by atoms with Crippen molar-refractivity contribution in [3.63, 3.8) is 0 Å². The van der Waals surface area contributed by atoms with E-state index in [0.29, 0.717) is 69.9 Å². The Balaban J connectivity index is 1.44. The predicted octanol–water partition coefficient (Wildman–Crippen LogP) is 2.75. The fourth-order valence-corrected chi connectivity index (χ4v) is 3.84. The van der Waals surface area contributed by atoms with E-state index < -0.39 is 5.82 Å². The molecule has 1 amide bonds. The molecule has 1 saturated heterocycles. The Morgan fingerprint density at radius 2 is 1.86 bits per heavy atom. The normalized spacial score (nSPS) is 19.1. The van der Waals surface area contributed by atoms with E-state index >= 15 is 0 Å². The van der Waals surface area contributed by atoms with Crippen LogP contribution in [0, 0.1) is 5.82 Å². The molecule has 1 atom stereocenters. The number of rotatable bonds is 5. The molecule has 0 spiro atoms. The van der Waals surface area contributed by atoms with E-state index in [2.05, 4.69) is 27.2 Å². The lowest BCUT2D eigenvalue weighted by Crippen LogP contribution is -2.44. The molecule has 0 radical (unpaired) electrons. The van der Waals surface area contributed by atoms with Gasteiger partial charge < -0.3 is 34.5 Å². The first-order valence-corrected chi connectivity index (χ1v) is 11.6. The molecular formula is C24H30FN5O5. The van der Waals surface area contributed by atoms with Gasteiger partial charge in [-0.25, -0.2) is 9.37 Å². The maximum atomic E-state index is 14.5. The molecule has 0 aliphatic carbocycles. The van der Waals surface area contributed by atoms with Gasteiger partial charge in [0.15, 0.2) is 23.1 Å². The number of ether oxygens (including phenoxy) is 4. The molecule has 3 heterocycles. The van der Waals surface area contributed by atoms with Gasteiger partial charge in [0.2, 0.25) is 11.9 Å². The molecule has 11 heteroatoms. The fraction of sp³-hybridized carbons (Fsp3) is 0.458. The number of benzene rings is 1. The van der Waals surface area contributed by atoms with E-state index in [1.807, 2.05) is 0 Å². The molecule has 35 heavy (non-hydrogen) atoms. The van der Waals surface area contributed by atoms with Crippen molar-refractivity contribution in [2.24, 2.45) is 0 Å². The smallest absolute Gasteiger partial charge is 0.246 e. The lowest BCUT2D eigenvalue weighted by molar-refractivity contribution is -0.127. The van der Waals surface area contributed by atoms with Gasteiger partial charge >= 0.3 is 0 Å². The van der Waals surface area contributed by atoms with Gasteiger partial charge in [0, 0.05) is 30.9 Å². The summed E-state index contributed by atoms with van der Waals surface area (Å²) in [6.45, 7) is 7.27. The highest BCUT2D eigenvalue weighted by molar-refractivity contribution is 5.87. The second-order valence-corrected chi connectivity index (χ2v) is 8.07. The molecule has 2 aliphatic heterocycles. The van der Waals surface area contributed by atoms with E-state index in [1.165, 1.54) is 6.08 Å². The van der Waals surface area contributed by atoms with E-state index in [9.17, 15) is 9.18 Å². The van der Waals surface area contributed by atoms with Crippen molar-refractivity contribution < 1.29 is 28.1 Å². The first-order valence-electron chi connectivity index (χ1n) is 11.6. The molecule has 0 unspecified atom stereocenters. The maximum absolute atomic E-state index is 14.5. The molecule has 2 N–H and O–H groups in total. The Bertz CT molecular complexity index is 1020. The number of carbonyl (C=O) groups is 1. The standard InChI is InChI=1S/C24H30FN5O5/c1-2-22(31)30-7-3-4-18(16-30)27-23-19(25)15-26-24(29-23)28-17-5-6-20-21(14-17)35-13-11-33-9-8-32-10-12-34-20/h2,5-6,14-15,18H,1,3-4,7-13,16H2,(H2,26,27,28,29)/t18-/m1/s1. The lowest BCUT2D eigenvalue weighted by atomic mass is 10.1. The summed E-state index contributed by atoms with van der Waals surface area (Å²) >= 11 is 0. The zero-order chi connectivity index (χ0) is 24.5. The van der Waals surface area contributed by atoms with Crippen molar-refractivity contribution >= 4 is 23.4 Å². The predicted molar refractivity (Wildman–Crippen MR) is 128 cm³/mol. The number of amides is 1. The van der Waals surface area contributed by atoms with Gasteiger partial charge in [-0.15, -0.1) is 0 Å². The SMILES string of the molecule is C=CC(=O)N1CCC[C@@H](Nc2nc(Nc3ccc4c(c3)OCCOCCOCCO4)ncc2F)C1. The molecule has 0 saturated carbocycles. The Morgan fingerprint density at radius 3 is 2.63 bits per heavy atom. The van der Waals surface area contributed by atoms with Crippen LogP contribution in [0.4, 0.5) is 21.8 Å². The number of nitrogens with zero attached hydrogens (tertiary/aromatic N) is 3. The molecule has 1 aromatic heterocycles. The number of nitrogens with one attached hydrogen (secondary N) is 2. The van der Waals surface area contributed by atoms with Crippen molar-refractivity contribution in [3.05, 3.63) is 42.9 Å². The second kappa shape index (κ2) is 12.3. The van der Waals surface area contributed by atoms with Crippen LogP contribution in [0.3, 0.4) is 0 Å². The fourth-order valence-electron chi connectivity index (χ4n) is 3.84. The van der Waals surface area contributed by atoms with Crippen molar-refractivity contribution in [2.45, 2.75) is 18.9 Å². The van der Waals surface area contributed by atoms with E-state index in [4.69, 9.17) is 18.9 Å². The van der Waals surface area contributed by atoms with Crippen molar-refractivity contribution in [2.75, 3.05) is 63.4 Å². The minimum Gasteiger partial charge on any atom is -0.487 e. The largest absolute Gasteiger partial charge is 0.487 e. The summed E-state index contributed by atoms with van der Waals surface area (Å²) in [6, 6.07) is 5.21. The number of likely N-dealkylation sites (tertiary alicyclic amines) is 1. The number of fused-ring (bicyclic) bond motifs is 1. The summed E-state index contributed by atoms with van der Waals surface area (Å²) in [7, 11) is 0. The van der Waals surface area contributed by atoms with Crippen LogP contribution in [0.15, 0.2) is 37.1 Å². The molecular weight excluding hydrogens is 457 g/mol. The lowest BCUT2D eigenvalue weighted by Gasteiger charge is -2.32. The average Bonchev–Trinajstić information content (AvgIpc) is 2.86. The molecule has 1 aromatic carbocycles. The van der Waals surface area contributed by atoms with Crippen LogP contribution >= 0.6 is 0 Å². The van der Waals surface area contributed by atoms with E-state index in [1.54, 1.807) is 23.1 Å². The Hall–Kier alpha value is -3.44. The van der Waals surface area contributed by atoms with Gasteiger partial charge in [0.1, 0.15) is 13.2 Å². The molecule has 0 bridgehead atoms. The van der Waals surface area contributed by atoms with Crippen LogP contribution in [0.5, 0.6) is 11.5 Å². The zero-order valence-electron chi connectivity index (χ0n) is 19.5. The third kappa shape index (κ3) is 7.03. The summed E-state index contributed by atoms with van der Waals surface area (Å²) in [6.07, 6.45) is 4.01. The highest BCUT2D eigenvalue weighted by Gasteiger charge is 2.23. The van der Waals surface area contributed by atoms with Crippen LogP contribution < -0.4 is 20.1 Å². The highest BCUT2D eigenvalue weighted by atomic mass is 19.1. The van der Waals surface area contributed by atoms with Crippen LogP contribution in [0.25, 0.3) is 0 Å². The first-order chi connectivity index (χ1) is 17.1. The number of halogens is 1. The third-order valence-electron chi connectivity index (χ3n) is 5.53. The number of anilines is 3. The minimum atomic E-state index is -0.570. The topological polar surface area (TPSA) is 107 Å². The summed E-state index contributed by atoms with van der Waals surface area (Å²) < 4.78 is 37.0. The van der Waals surface area contributed by atoms with Crippen LogP contribution in [-0.2, 0) is 14.3 Å². The van der Waals surface area contributed by atoms with Crippen LogP contribution in [0.1, 0.15) is 12.8 Å². The summed E-state index contributed by atoms with van der Waals surface area (Å²) in [5.41, 5.74) is 0.648. The number of hydrogen-bond donors (Lipinski definition) is 2. The number of piperidine rings is 1. The summed E-state index contributed by atoms with van der Waals surface area (Å²) in [4.78, 5) is 22.0. The van der Waals surface area contributed by atoms with Crippen molar-refractivity contribution in [3.8, 4) is 11.5 Å². The van der Waals surface area contributed by atoms with Gasteiger partial charge in [0.05, 0.1) is 32.6 Å². The van der Waals surface area contributed by atoms with Crippen LogP contribution in [-0.4, -0.2) is 79.5 Å². The molecule has 10 nitrogen and oxygen atoms in total. The summed E-state index contributed by atoms with van der Waals surface area (Å²) in [5.74, 6) is 0.702. The Labute approximate surface area is 203 Å². The second-order valence-electron chi connectivity index (χ2n) is 8.07. The molecule has 188 valence electrons. The zero-order valence-corrected chi connectivity index (χ0v) is 19.5. The monoisotopic (exact) mass is 487 g/mol. The molecule has 4 rings (SSSR count). The number of carbonyl (C=O) groups excluding carboxylic acids is 1. The van der Waals surface area contributed by atoms with Gasteiger partial charge in [-0.3, -0.25) is 4.79 Å². The van der Waals surface area contributed by atoms with Gasteiger partial charge in [0.25, 0.3) is 0 Å². The average molecular weight is 488 g/mol. The Kier molecular flexibility index (Phi) is 8.68. The van der Waals surface area contributed by atoms with Gasteiger partial charge in [-0.1, -0.05) is 6.58 Å². The maximum Gasteiger partial charge on any atom is 0.246 e. The number of aromatic nitrogens is 2.